The van der Waals surface area contributed by atoms with Gasteiger partial charge in [-0.1, -0.05) is 26.0 Å². The van der Waals surface area contributed by atoms with E-state index in [0.717, 1.165) is 6.54 Å². The molecule has 1 saturated carbocycles. The molecule has 2 rings (SSSR count). The summed E-state index contributed by atoms with van der Waals surface area (Å²) in [6.45, 7) is 5.96. The van der Waals surface area contributed by atoms with Gasteiger partial charge in [-0.05, 0) is 24.8 Å². The fourth-order valence-electron chi connectivity index (χ4n) is 2.26. The van der Waals surface area contributed by atoms with E-state index in [-0.39, 0.29) is 11.4 Å². The number of nitrogens with zero attached hydrogens (tertiary/aromatic N) is 2. The molecule has 0 saturated heterocycles. The largest absolute Gasteiger partial charge is 0.296 e. The molecule has 0 aromatic heterocycles. The van der Waals surface area contributed by atoms with Crippen LogP contribution in [0.5, 0.6) is 0 Å². The molecule has 0 spiro atoms. The average Bonchev–Trinajstić information content (AvgIpc) is 3.14. The molecule has 18 heavy (non-hydrogen) atoms. The van der Waals surface area contributed by atoms with Gasteiger partial charge in [0.15, 0.2) is 0 Å². The van der Waals surface area contributed by atoms with E-state index in [9.17, 15) is 4.39 Å². The summed E-state index contributed by atoms with van der Waals surface area (Å²) in [7, 11) is 0. The number of hydrogen-bond donors (Lipinski definition) is 0. The minimum absolute atomic E-state index is 0.146. The van der Waals surface area contributed by atoms with E-state index in [1.807, 2.05) is 6.07 Å². The van der Waals surface area contributed by atoms with E-state index in [0.29, 0.717) is 24.1 Å². The molecule has 0 N–H and O–H groups in total. The van der Waals surface area contributed by atoms with Gasteiger partial charge in [0.25, 0.3) is 0 Å². The molecule has 0 radical (unpaired) electrons. The van der Waals surface area contributed by atoms with Gasteiger partial charge in [-0.25, -0.2) is 4.39 Å². The van der Waals surface area contributed by atoms with Crippen molar-refractivity contribution in [1.82, 2.24) is 4.90 Å². The van der Waals surface area contributed by atoms with Crippen molar-refractivity contribution in [2.24, 2.45) is 5.92 Å². The molecule has 0 bridgehead atoms. The van der Waals surface area contributed by atoms with Crippen LogP contribution in [-0.4, -0.2) is 17.5 Å². The third kappa shape index (κ3) is 3.08. The molecule has 1 fully saturated rings. The molecule has 3 heteroatoms. The smallest absolute Gasteiger partial charge is 0.145 e. The average molecular weight is 246 g/mol. The number of nitriles is 1. The molecule has 96 valence electrons. The lowest BCUT2D eigenvalue weighted by atomic mass is 10.1. The van der Waals surface area contributed by atoms with Crippen molar-refractivity contribution in [3.63, 3.8) is 0 Å². The summed E-state index contributed by atoms with van der Waals surface area (Å²) in [5.41, 5.74) is 0.786. The van der Waals surface area contributed by atoms with Gasteiger partial charge in [-0.15, -0.1) is 0 Å². The highest BCUT2D eigenvalue weighted by molar-refractivity contribution is 5.35. The second-order valence-electron chi connectivity index (χ2n) is 5.44. The van der Waals surface area contributed by atoms with Crippen LogP contribution in [0, 0.1) is 23.1 Å². The van der Waals surface area contributed by atoms with Crippen molar-refractivity contribution in [3.05, 3.63) is 35.1 Å². The van der Waals surface area contributed by atoms with E-state index >= 15 is 0 Å². The summed E-state index contributed by atoms with van der Waals surface area (Å²) in [6.07, 6.45) is 2.43. The van der Waals surface area contributed by atoms with E-state index in [4.69, 9.17) is 5.26 Å². The predicted molar refractivity (Wildman–Crippen MR) is 69.4 cm³/mol. The molecular weight excluding hydrogens is 227 g/mol. The van der Waals surface area contributed by atoms with E-state index < -0.39 is 0 Å². The Morgan fingerprint density at radius 2 is 2.17 bits per heavy atom. The van der Waals surface area contributed by atoms with Crippen LogP contribution in [0.1, 0.15) is 37.8 Å². The van der Waals surface area contributed by atoms with Crippen molar-refractivity contribution in [1.29, 1.82) is 5.26 Å². The van der Waals surface area contributed by atoms with E-state index in [1.54, 1.807) is 12.1 Å². The zero-order valence-corrected chi connectivity index (χ0v) is 11.0. The summed E-state index contributed by atoms with van der Waals surface area (Å²) in [4.78, 5) is 2.34. The van der Waals surface area contributed by atoms with Crippen LogP contribution < -0.4 is 0 Å². The van der Waals surface area contributed by atoms with Crippen molar-refractivity contribution in [2.45, 2.75) is 39.3 Å². The summed E-state index contributed by atoms with van der Waals surface area (Å²) in [6, 6.07) is 7.59. The first-order chi connectivity index (χ1) is 8.61. The van der Waals surface area contributed by atoms with E-state index in [1.165, 1.54) is 18.9 Å². The molecule has 0 atom stereocenters. The molecule has 1 aromatic carbocycles. The lowest BCUT2D eigenvalue weighted by Crippen LogP contribution is -2.29. The Labute approximate surface area is 108 Å². The Balaban J connectivity index is 2.14. The second kappa shape index (κ2) is 5.49. The van der Waals surface area contributed by atoms with Crippen molar-refractivity contribution in [2.75, 3.05) is 6.54 Å². The van der Waals surface area contributed by atoms with Crippen LogP contribution in [0.4, 0.5) is 4.39 Å². The van der Waals surface area contributed by atoms with Gasteiger partial charge in [0.05, 0.1) is 5.56 Å². The fraction of sp³-hybridized carbons (Fsp3) is 0.533. The van der Waals surface area contributed by atoms with Crippen LogP contribution in [0.2, 0.25) is 0 Å². The minimum atomic E-state index is -0.352. The maximum atomic E-state index is 14.0. The lowest BCUT2D eigenvalue weighted by Gasteiger charge is -2.24. The topological polar surface area (TPSA) is 27.0 Å². The van der Waals surface area contributed by atoms with Gasteiger partial charge in [0.2, 0.25) is 0 Å². The Hall–Kier alpha value is -1.40. The standard InChI is InChI=1S/C15H19FN2/c1-11(2)9-18(14-6-7-14)10-13-5-3-4-12(8-17)15(13)16/h3-5,11,14H,6-7,9-10H2,1-2H3. The molecule has 0 heterocycles. The molecule has 0 unspecified atom stereocenters. The van der Waals surface area contributed by atoms with Crippen LogP contribution in [0.3, 0.4) is 0 Å². The second-order valence-corrected chi connectivity index (χ2v) is 5.44. The summed E-state index contributed by atoms with van der Waals surface area (Å²) in [5.74, 6) is 0.224. The molecule has 1 aromatic rings. The number of rotatable bonds is 5. The van der Waals surface area contributed by atoms with Crippen molar-refractivity contribution < 1.29 is 4.39 Å². The number of benzene rings is 1. The molecule has 0 amide bonds. The number of hydrogen-bond acceptors (Lipinski definition) is 2. The van der Waals surface area contributed by atoms with Crippen LogP contribution in [-0.2, 0) is 6.54 Å². The van der Waals surface area contributed by atoms with Crippen molar-refractivity contribution >= 4 is 0 Å². The zero-order chi connectivity index (χ0) is 13.1. The predicted octanol–water partition coefficient (Wildman–Crippen LogP) is 3.32. The molecule has 1 aliphatic rings. The van der Waals surface area contributed by atoms with Gasteiger partial charge >= 0.3 is 0 Å². The van der Waals surface area contributed by atoms with Gasteiger partial charge in [-0.3, -0.25) is 4.90 Å². The normalized spacial score (nSPS) is 15.1. The first-order valence-electron chi connectivity index (χ1n) is 6.53. The maximum Gasteiger partial charge on any atom is 0.145 e. The minimum Gasteiger partial charge on any atom is -0.296 e. The van der Waals surface area contributed by atoms with Gasteiger partial charge < -0.3 is 0 Å². The molecular formula is C15H19FN2. The Bertz CT molecular complexity index is 458. The third-order valence-electron chi connectivity index (χ3n) is 3.24. The highest BCUT2D eigenvalue weighted by atomic mass is 19.1. The van der Waals surface area contributed by atoms with Gasteiger partial charge in [0, 0.05) is 24.7 Å². The summed E-state index contributed by atoms with van der Waals surface area (Å²) in [5, 5.41) is 8.84. The first kappa shape index (κ1) is 13.0. The first-order valence-corrected chi connectivity index (χ1v) is 6.53. The monoisotopic (exact) mass is 246 g/mol. The van der Waals surface area contributed by atoms with Crippen LogP contribution in [0.25, 0.3) is 0 Å². The van der Waals surface area contributed by atoms with Crippen LogP contribution in [0.15, 0.2) is 18.2 Å². The van der Waals surface area contributed by atoms with E-state index in [2.05, 4.69) is 18.7 Å². The highest BCUT2D eigenvalue weighted by Crippen LogP contribution is 2.29. The SMILES string of the molecule is CC(C)CN(Cc1cccc(C#N)c1F)C1CC1. The van der Waals surface area contributed by atoms with Gasteiger partial charge in [0.1, 0.15) is 11.9 Å². The number of halogens is 1. The lowest BCUT2D eigenvalue weighted by molar-refractivity contribution is 0.223. The van der Waals surface area contributed by atoms with Gasteiger partial charge in [-0.2, -0.15) is 5.26 Å². The Morgan fingerprint density at radius 3 is 2.72 bits per heavy atom. The zero-order valence-electron chi connectivity index (χ0n) is 11.0. The van der Waals surface area contributed by atoms with Crippen LogP contribution >= 0.6 is 0 Å². The summed E-state index contributed by atoms with van der Waals surface area (Å²) < 4.78 is 14.0. The Morgan fingerprint density at radius 1 is 1.44 bits per heavy atom. The molecule has 2 nitrogen and oxygen atoms in total. The quantitative estimate of drug-likeness (QED) is 0.797. The maximum absolute atomic E-state index is 14.0. The highest BCUT2D eigenvalue weighted by Gasteiger charge is 2.29. The van der Waals surface area contributed by atoms with Crippen molar-refractivity contribution in [3.8, 4) is 6.07 Å². The Kier molecular flexibility index (Phi) is 3.98. The molecule has 1 aliphatic carbocycles. The molecule has 0 aliphatic heterocycles. The summed E-state index contributed by atoms with van der Waals surface area (Å²) >= 11 is 0. The fourth-order valence-corrected chi connectivity index (χ4v) is 2.26. The third-order valence-corrected chi connectivity index (χ3v) is 3.24.